The molecule has 150 heavy (non-hydrogen) atoms. The lowest BCUT2D eigenvalue weighted by Gasteiger charge is -2.38. The van der Waals surface area contributed by atoms with Crippen molar-refractivity contribution in [2.75, 3.05) is 107 Å². The number of amides is 2. The van der Waals surface area contributed by atoms with Gasteiger partial charge in [-0.15, -0.1) is 0 Å². The smallest absolute Gasteiger partial charge is 0.358 e. The summed E-state index contributed by atoms with van der Waals surface area (Å²) in [5.74, 6) is -15.5. The van der Waals surface area contributed by atoms with E-state index in [1.807, 2.05) is 4.90 Å². The zero-order chi connectivity index (χ0) is 109. The molecule has 0 saturated carbocycles. The van der Waals surface area contributed by atoms with Gasteiger partial charge in [0.15, 0.2) is 56.3 Å². The number of aliphatic hydroxyl groups excluding tert-OH is 6. The number of nitrogens with one attached hydrogen (secondary N) is 2. The van der Waals surface area contributed by atoms with Crippen LogP contribution in [0.2, 0.25) is 0 Å². The SMILES string of the molecule is COC1/C=C/OC2(C)Oc3c(C)c(O)c4c(=O)c(c5oc6cc(N7CCN(CC(C)C)CC7)cc(=O)c6nc5c4c3=C2O)NC(=O)/C(C)=C\C=C\C(C)C(O)C(C)C(O)C(C)C(OC(=O)c2cnccn2)C1C.COC1/C=C/OC2(C)Oc3c(C)c(O)c4c(=O)c(c5oc6cc(N7CCN(CC(C)C)CC7)cc(=O)c6nc5c4c3=C2O)NC(=O)/C(COC(=O)c2cnccn2)=C\C=C\C(C)C(O)C(C)C(O)C(C)C(OC(C)=O)C1C. The average molecular weight is 2070 g/mol. The summed E-state index contributed by atoms with van der Waals surface area (Å²) in [4.78, 5) is 161. The summed E-state index contributed by atoms with van der Waals surface area (Å²) in [5, 5.41) is 99.5. The minimum Gasteiger partial charge on any atom is -0.507 e. The molecule has 2 fully saturated rings. The van der Waals surface area contributed by atoms with Gasteiger partial charge in [-0.3, -0.25) is 53.3 Å². The van der Waals surface area contributed by atoms with Gasteiger partial charge in [0.25, 0.3) is 11.8 Å². The van der Waals surface area contributed by atoms with Crippen molar-refractivity contribution in [1.29, 1.82) is 0 Å². The number of benzene rings is 6. The number of hydrogen-bond donors (Lipinski definition) is 10. The maximum absolute atomic E-state index is 15.2. The van der Waals surface area contributed by atoms with E-state index in [1.54, 1.807) is 85.8 Å². The van der Waals surface area contributed by atoms with Crippen LogP contribution in [-0.4, -0.2) is 257 Å². The lowest BCUT2D eigenvalue weighted by atomic mass is 9.78. The average Bonchev–Trinajstić information content (AvgIpc) is 1.50. The van der Waals surface area contributed by atoms with Gasteiger partial charge < -0.3 is 113 Å². The van der Waals surface area contributed by atoms with E-state index >= 15 is 4.79 Å². The van der Waals surface area contributed by atoms with E-state index in [-0.39, 0.29) is 122 Å². The van der Waals surface area contributed by atoms with Crippen LogP contribution in [0, 0.1) is 73.0 Å². The number of aromatic nitrogens is 6. The summed E-state index contributed by atoms with van der Waals surface area (Å²) in [6.07, 6.45) is 13.7. The second-order valence-corrected chi connectivity index (χ2v) is 40.8. The van der Waals surface area contributed by atoms with E-state index < -0.39 is 200 Å². The van der Waals surface area contributed by atoms with Crippen LogP contribution in [0.25, 0.3) is 77.5 Å². The number of ether oxygens (including phenoxy) is 9. The molecule has 2 saturated heterocycles. The van der Waals surface area contributed by atoms with E-state index in [9.17, 15) is 79.2 Å². The number of allylic oxidation sites excluding steroid dienone is 4. The Labute approximate surface area is 863 Å². The molecule has 798 valence electrons. The van der Waals surface area contributed by atoms with Gasteiger partial charge in [-0.2, -0.15) is 0 Å². The number of rotatable bonds is 14. The third kappa shape index (κ3) is 22.0. The molecule has 10 N–H and O–H groups in total. The second kappa shape index (κ2) is 45.2. The number of carbonyl (C=O) groups excluding carboxylic acids is 5. The molecule has 18 atom stereocenters. The van der Waals surface area contributed by atoms with E-state index in [1.165, 1.54) is 148 Å². The number of esters is 3. The minimum atomic E-state index is -2.05. The van der Waals surface area contributed by atoms with Crippen molar-refractivity contribution in [3.05, 3.63) is 208 Å². The minimum absolute atomic E-state index is 0.0117. The molecule has 0 aliphatic carbocycles. The van der Waals surface area contributed by atoms with Crippen molar-refractivity contribution in [2.24, 2.45) is 59.2 Å². The predicted octanol–water partition coefficient (Wildman–Crippen LogP) is 10.4. The Balaban J connectivity index is 0.000000224. The van der Waals surface area contributed by atoms with Crippen molar-refractivity contribution in [2.45, 2.75) is 185 Å². The molecule has 2 amide bonds. The molecule has 10 aromatic rings. The van der Waals surface area contributed by atoms with Gasteiger partial charge in [0.05, 0.1) is 88.3 Å². The number of phenols is 2. The van der Waals surface area contributed by atoms with E-state index in [4.69, 9.17) is 61.4 Å². The Kier molecular flexibility index (Phi) is 33.1. The Morgan fingerprint density at radius 3 is 1.30 bits per heavy atom. The third-order valence-corrected chi connectivity index (χ3v) is 29.3. The fourth-order valence-corrected chi connectivity index (χ4v) is 20.6. The molecule has 10 bridgehead atoms. The Hall–Kier alpha value is -14.4. The van der Waals surface area contributed by atoms with Gasteiger partial charge in [-0.1, -0.05) is 120 Å². The molecular weight excluding hydrogens is 1940 g/mol. The lowest BCUT2D eigenvalue weighted by molar-refractivity contribution is -0.160. The molecule has 18 rings (SSSR count). The number of aliphatic hydroxyl groups is 6. The van der Waals surface area contributed by atoms with Crippen molar-refractivity contribution < 1.29 is 116 Å². The maximum Gasteiger partial charge on any atom is 0.358 e. The number of piperazine rings is 2. The zero-order valence-corrected chi connectivity index (χ0v) is 87.4. The summed E-state index contributed by atoms with van der Waals surface area (Å²) in [5.41, 5.74) is -4.26. The van der Waals surface area contributed by atoms with Crippen LogP contribution in [0.1, 0.15) is 143 Å². The monoisotopic (exact) mass is 2070 g/mol. The van der Waals surface area contributed by atoms with Gasteiger partial charge >= 0.3 is 29.5 Å². The van der Waals surface area contributed by atoms with Crippen molar-refractivity contribution >= 4 is 130 Å². The molecule has 4 aromatic heterocycles. The quantitative estimate of drug-likeness (QED) is 0.0209. The summed E-state index contributed by atoms with van der Waals surface area (Å²) in [6, 6.07) is 6.22. The van der Waals surface area contributed by atoms with Gasteiger partial charge in [0, 0.05) is 236 Å². The second-order valence-electron chi connectivity index (χ2n) is 40.8. The first-order valence-electron chi connectivity index (χ1n) is 50.2. The Bertz CT molecular complexity index is 7470. The fourth-order valence-electron chi connectivity index (χ4n) is 20.6. The molecule has 40 heteroatoms. The largest absolute Gasteiger partial charge is 0.507 e. The highest BCUT2D eigenvalue weighted by molar-refractivity contribution is 6.19. The van der Waals surface area contributed by atoms with Crippen molar-refractivity contribution in [3.63, 3.8) is 0 Å². The topological polar surface area (TPSA) is 539 Å². The number of anilines is 4. The maximum atomic E-state index is 15.2. The first-order valence-corrected chi connectivity index (χ1v) is 50.2. The highest BCUT2D eigenvalue weighted by Crippen LogP contribution is 2.47. The normalized spacial score (nSPS) is 27.7. The zero-order valence-electron chi connectivity index (χ0n) is 87.4. The standard InChI is InChI=1S/C56H66N6O15.C54H64N6O13/c1-27(2)25-61-17-19-62(20-18-61)35-22-37(64)43-39(23-35)76-52-44(59-43)40-41-48(67)32(7)51-42(40)53(69)56(9,77-51)74-21-14-38(72-10)29(4)50(75-33(8)63)31(6)47(66)30(5)46(65)28(3)12-11-13-34(54(70)60-45(52)49(41)68)26-73-55(71)36-24-57-15-16-58-36;1-26(2)25-59-17-19-60(20-18-59)33-22-35(61)41-37(23-33)71-50-42(57-41)38-39-46(64)32(8)49-40(38)51(66)54(9,73-49)70-21-14-36(69-10)29(5)48(72-53(68)34-24-55-15-16-56-34)31(7)45(63)30(6)44(62)27(3)12-11-13-28(4)52(67)58-43(50)47(39)65/h11-16,21-24,27-31,38,46-47,50,65-67,69H,17-20,25-26H2,1-10H3,(H,60,70);11-16,21-24,26-27,29-31,36,44-45,48,62-64,66H,17-20,25H2,1-10H3,(H,58,67)/b12-11+,21-14+,34-13-;12-11+,21-14+,28-13-. The highest BCUT2D eigenvalue weighted by Gasteiger charge is 2.48. The highest BCUT2D eigenvalue weighted by atomic mass is 16.7. The number of carbonyl (C=O) groups is 5. The number of methoxy groups -OCH3 is 2. The Morgan fingerprint density at radius 1 is 0.493 bits per heavy atom. The summed E-state index contributed by atoms with van der Waals surface area (Å²) in [6.45, 7) is 37.4. The molecule has 40 nitrogen and oxygen atoms in total. The van der Waals surface area contributed by atoms with E-state index in [0.717, 1.165) is 39.3 Å². The number of fused-ring (bicyclic) bond motifs is 28. The first kappa shape index (κ1) is 110. The van der Waals surface area contributed by atoms with Crippen LogP contribution in [0.4, 0.5) is 22.7 Å². The molecule has 0 spiro atoms. The molecule has 0 radical (unpaired) electrons. The predicted molar refractivity (Wildman–Crippen MR) is 559 cm³/mol. The summed E-state index contributed by atoms with van der Waals surface area (Å²) in [7, 11) is 2.85. The number of hydrogen-bond acceptors (Lipinski definition) is 38. The van der Waals surface area contributed by atoms with E-state index in [2.05, 4.69) is 73.0 Å². The first-order chi connectivity index (χ1) is 71.2. The molecule has 12 heterocycles. The molecule has 6 aromatic carbocycles. The van der Waals surface area contributed by atoms with Crippen LogP contribution in [0.15, 0.2) is 162 Å². The number of phenolic OH excluding ortho intramolecular Hbond substituents is 2. The molecule has 18 unspecified atom stereocenters. The summed E-state index contributed by atoms with van der Waals surface area (Å²) < 4.78 is 67.3. The van der Waals surface area contributed by atoms with Crippen molar-refractivity contribution in [1.82, 2.24) is 39.7 Å². The fraction of sp³-hybridized carbons (Fsp3) is 0.464. The van der Waals surface area contributed by atoms with Gasteiger partial charge in [-0.05, 0) is 44.8 Å². The molecule has 8 aliphatic rings. The van der Waals surface area contributed by atoms with Crippen molar-refractivity contribution in [3.8, 4) is 23.0 Å². The number of aromatic hydroxyl groups is 2. The van der Waals surface area contributed by atoms with Crippen LogP contribution in [0.5, 0.6) is 23.0 Å². The van der Waals surface area contributed by atoms with Crippen LogP contribution in [0.3, 0.4) is 0 Å². The van der Waals surface area contributed by atoms with Crippen LogP contribution >= 0.6 is 0 Å². The lowest BCUT2D eigenvalue weighted by Crippen LogP contribution is -2.47. The summed E-state index contributed by atoms with van der Waals surface area (Å²) >= 11 is 0. The third-order valence-electron chi connectivity index (χ3n) is 29.3. The van der Waals surface area contributed by atoms with Gasteiger partial charge in [-0.25, -0.2) is 29.5 Å². The number of nitrogens with zero attached hydrogens (tertiary/aromatic N) is 10. The van der Waals surface area contributed by atoms with Gasteiger partial charge in [0.1, 0.15) is 64.2 Å². The Morgan fingerprint density at radius 2 is 0.900 bits per heavy atom. The van der Waals surface area contributed by atoms with Crippen LogP contribution in [-0.2, 0) is 47.5 Å². The molecule has 8 aliphatic heterocycles. The molecular formula is C110H130N12O28. The van der Waals surface area contributed by atoms with E-state index in [0.29, 0.717) is 49.4 Å². The van der Waals surface area contributed by atoms with Crippen LogP contribution < -0.4 is 62.1 Å². The van der Waals surface area contributed by atoms with Gasteiger partial charge in [0.2, 0.25) is 21.7 Å².